The molecule has 2 heterocycles. The number of halogens is 1. The molecule has 5 N–H and O–H groups in total. The van der Waals surface area contributed by atoms with Gasteiger partial charge in [-0.2, -0.15) is 0 Å². The van der Waals surface area contributed by atoms with Crippen molar-refractivity contribution in [2.24, 2.45) is 0 Å². The van der Waals surface area contributed by atoms with Gasteiger partial charge in [-0.15, -0.1) is 0 Å². The Hall–Kier alpha value is -1.51. The average molecular weight is 393 g/mol. The van der Waals surface area contributed by atoms with Gasteiger partial charge >= 0.3 is 0 Å². The van der Waals surface area contributed by atoms with Crippen LogP contribution >= 0.6 is 0 Å². The molecule has 0 aromatic heterocycles. The summed E-state index contributed by atoms with van der Waals surface area (Å²) >= 11 is 0. The first kappa shape index (κ1) is 21.2. The van der Waals surface area contributed by atoms with Gasteiger partial charge in [0, 0.05) is 43.1 Å². The molecule has 2 fully saturated rings. The van der Waals surface area contributed by atoms with E-state index < -0.39 is 6.23 Å². The van der Waals surface area contributed by atoms with E-state index in [9.17, 15) is 9.50 Å². The molecular formula is C21H33FN4O2. The topological polar surface area (TPSA) is 82.8 Å². The molecule has 1 atom stereocenters. The summed E-state index contributed by atoms with van der Waals surface area (Å²) in [5.74, 6) is -0.375. The number of nitrogens with two attached hydrogens (primary N) is 1. The Balaban J connectivity index is 1.59. The Morgan fingerprint density at radius 1 is 1.29 bits per heavy atom. The quantitative estimate of drug-likeness (QED) is 0.416. The minimum absolute atomic E-state index is 0.336. The van der Waals surface area contributed by atoms with E-state index in [-0.39, 0.29) is 5.82 Å². The zero-order chi connectivity index (χ0) is 19.9. The van der Waals surface area contributed by atoms with Crippen LogP contribution in [0.15, 0.2) is 23.8 Å². The summed E-state index contributed by atoms with van der Waals surface area (Å²) in [5.41, 5.74) is 7.36. The maximum Gasteiger partial charge on any atom is 0.132 e. The maximum absolute atomic E-state index is 14.2. The predicted octanol–water partition coefficient (Wildman–Crippen LogP) is 1.56. The number of nitrogens with one attached hydrogen (secondary N) is 2. The Bertz CT molecular complexity index is 636. The highest BCUT2D eigenvalue weighted by Crippen LogP contribution is 2.22. The van der Waals surface area contributed by atoms with E-state index in [2.05, 4.69) is 15.5 Å². The molecule has 7 heteroatoms. The van der Waals surface area contributed by atoms with Gasteiger partial charge < -0.3 is 20.9 Å². The van der Waals surface area contributed by atoms with E-state index >= 15 is 0 Å². The molecule has 0 amide bonds. The van der Waals surface area contributed by atoms with Gasteiger partial charge in [-0.05, 0) is 69.6 Å². The fourth-order valence-electron chi connectivity index (χ4n) is 4.00. The highest BCUT2D eigenvalue weighted by molar-refractivity contribution is 5.67. The second-order valence-electron chi connectivity index (χ2n) is 7.76. The number of likely N-dealkylation sites (N-methyl/N-ethyl adjacent to an activating group) is 1. The molecule has 0 radical (unpaired) electrons. The number of nitrogen functional groups attached to an aromatic ring is 1. The smallest absolute Gasteiger partial charge is 0.132 e. The van der Waals surface area contributed by atoms with Crippen molar-refractivity contribution in [1.29, 1.82) is 0 Å². The van der Waals surface area contributed by atoms with E-state index in [1.807, 2.05) is 0 Å². The third kappa shape index (κ3) is 5.75. The Kier molecular flexibility index (Phi) is 7.82. The number of hydrogen-bond donors (Lipinski definition) is 4. The zero-order valence-corrected chi connectivity index (χ0v) is 16.7. The van der Waals surface area contributed by atoms with E-state index in [1.165, 1.54) is 6.07 Å². The molecule has 0 saturated carbocycles. The van der Waals surface area contributed by atoms with Crippen LogP contribution in [0.5, 0.6) is 0 Å². The van der Waals surface area contributed by atoms with E-state index in [0.29, 0.717) is 29.9 Å². The van der Waals surface area contributed by atoms with Crippen LogP contribution in [0.2, 0.25) is 0 Å². The first-order chi connectivity index (χ1) is 13.6. The van der Waals surface area contributed by atoms with Gasteiger partial charge in [0.1, 0.15) is 12.0 Å². The van der Waals surface area contributed by atoms with Crippen molar-refractivity contribution >= 4 is 11.8 Å². The number of piperidine rings is 1. The third-order valence-electron chi connectivity index (χ3n) is 5.73. The number of ether oxygens (including phenoxy) is 1. The number of nitrogens with zero attached hydrogens (tertiary/aromatic N) is 1. The van der Waals surface area contributed by atoms with E-state index in [1.54, 1.807) is 25.3 Å². The molecule has 2 saturated heterocycles. The molecule has 0 aliphatic carbocycles. The molecule has 1 aromatic rings. The largest absolute Gasteiger partial charge is 0.398 e. The lowest BCUT2D eigenvalue weighted by molar-refractivity contribution is 0.0706. The fraction of sp³-hybridized carbons (Fsp3) is 0.619. The monoisotopic (exact) mass is 392 g/mol. The zero-order valence-electron chi connectivity index (χ0n) is 16.7. The van der Waals surface area contributed by atoms with Crippen molar-refractivity contribution in [3.63, 3.8) is 0 Å². The Morgan fingerprint density at radius 3 is 2.61 bits per heavy atom. The van der Waals surface area contributed by atoms with Crippen LogP contribution in [0, 0.1) is 5.82 Å². The molecule has 156 valence electrons. The Labute approximate surface area is 166 Å². The maximum atomic E-state index is 14.2. The normalized spacial score (nSPS) is 21.8. The summed E-state index contributed by atoms with van der Waals surface area (Å²) in [7, 11) is 1.69. The lowest BCUT2D eigenvalue weighted by atomic mass is 10.00. The average Bonchev–Trinajstić information content (AvgIpc) is 2.71. The van der Waals surface area contributed by atoms with Gasteiger partial charge in [0.2, 0.25) is 0 Å². The minimum Gasteiger partial charge on any atom is -0.398 e. The van der Waals surface area contributed by atoms with Gasteiger partial charge in [0.15, 0.2) is 0 Å². The van der Waals surface area contributed by atoms with Gasteiger partial charge in [-0.3, -0.25) is 10.2 Å². The van der Waals surface area contributed by atoms with Crippen molar-refractivity contribution < 1.29 is 14.2 Å². The SMILES string of the molecule is CNC(O)/C(=C/c1c(N)cccc1F)CN1CCC(NC2CCOCC2)CC1. The molecule has 28 heavy (non-hydrogen) atoms. The van der Waals surface area contributed by atoms with Gasteiger partial charge in [0.05, 0.1) is 0 Å². The second-order valence-corrected chi connectivity index (χ2v) is 7.76. The lowest BCUT2D eigenvalue weighted by Crippen LogP contribution is -2.48. The van der Waals surface area contributed by atoms with Crippen molar-refractivity contribution in [2.75, 3.05) is 45.6 Å². The van der Waals surface area contributed by atoms with Crippen LogP contribution in [-0.4, -0.2) is 68.2 Å². The summed E-state index contributed by atoms with van der Waals surface area (Å²) < 4.78 is 19.6. The number of aliphatic hydroxyl groups is 1. The van der Waals surface area contributed by atoms with E-state index in [0.717, 1.165) is 57.6 Å². The molecule has 6 nitrogen and oxygen atoms in total. The predicted molar refractivity (Wildman–Crippen MR) is 110 cm³/mol. The molecular weight excluding hydrogens is 359 g/mol. The lowest BCUT2D eigenvalue weighted by Gasteiger charge is -2.36. The summed E-state index contributed by atoms with van der Waals surface area (Å²) in [5, 5.41) is 17.0. The standard InChI is InChI=1S/C21H33FN4O2/c1-24-21(27)15(13-18-19(22)3-2-4-20(18)23)14-26-9-5-16(6-10-26)25-17-7-11-28-12-8-17/h2-4,13,16-17,21,24-25,27H,5-12,14,23H2,1H3/b15-13+. The minimum atomic E-state index is -0.836. The van der Waals surface area contributed by atoms with Crippen molar-refractivity contribution in [3.8, 4) is 0 Å². The highest BCUT2D eigenvalue weighted by Gasteiger charge is 2.24. The molecule has 0 bridgehead atoms. The molecule has 0 spiro atoms. The van der Waals surface area contributed by atoms with Gasteiger partial charge in [-0.1, -0.05) is 6.07 Å². The molecule has 1 unspecified atom stereocenters. The van der Waals surface area contributed by atoms with Crippen LogP contribution in [0.4, 0.5) is 10.1 Å². The number of aliphatic hydroxyl groups excluding tert-OH is 1. The third-order valence-corrected chi connectivity index (χ3v) is 5.73. The summed E-state index contributed by atoms with van der Waals surface area (Å²) in [6, 6.07) is 5.75. The molecule has 3 rings (SSSR count). The van der Waals surface area contributed by atoms with Gasteiger partial charge in [-0.25, -0.2) is 4.39 Å². The number of benzene rings is 1. The molecule has 2 aliphatic rings. The number of rotatable bonds is 7. The highest BCUT2D eigenvalue weighted by atomic mass is 19.1. The van der Waals surface area contributed by atoms with Crippen LogP contribution in [0.1, 0.15) is 31.2 Å². The Morgan fingerprint density at radius 2 is 1.96 bits per heavy atom. The van der Waals surface area contributed by atoms with Crippen LogP contribution in [0.25, 0.3) is 6.08 Å². The van der Waals surface area contributed by atoms with E-state index in [4.69, 9.17) is 10.5 Å². The van der Waals surface area contributed by atoms with Crippen molar-refractivity contribution in [3.05, 3.63) is 35.2 Å². The summed E-state index contributed by atoms with van der Waals surface area (Å²) in [4.78, 5) is 2.31. The van der Waals surface area contributed by atoms with Gasteiger partial charge in [0.25, 0.3) is 0 Å². The van der Waals surface area contributed by atoms with Crippen LogP contribution < -0.4 is 16.4 Å². The number of anilines is 1. The summed E-state index contributed by atoms with van der Waals surface area (Å²) in [6.07, 6.45) is 5.16. The number of likely N-dealkylation sites (tertiary alicyclic amines) is 1. The van der Waals surface area contributed by atoms with Crippen LogP contribution in [-0.2, 0) is 4.74 Å². The first-order valence-electron chi connectivity index (χ1n) is 10.2. The van der Waals surface area contributed by atoms with Crippen molar-refractivity contribution in [1.82, 2.24) is 15.5 Å². The molecule has 1 aromatic carbocycles. The first-order valence-corrected chi connectivity index (χ1v) is 10.2. The van der Waals surface area contributed by atoms with Crippen molar-refractivity contribution in [2.45, 2.75) is 44.0 Å². The van der Waals surface area contributed by atoms with Crippen LogP contribution in [0.3, 0.4) is 0 Å². The second kappa shape index (κ2) is 10.3. The summed E-state index contributed by atoms with van der Waals surface area (Å²) in [6.45, 7) is 4.18. The fourth-order valence-corrected chi connectivity index (χ4v) is 4.00. The molecule has 2 aliphatic heterocycles. The number of hydrogen-bond acceptors (Lipinski definition) is 6.